The highest BCUT2D eigenvalue weighted by Gasteiger charge is 2.67. The van der Waals surface area contributed by atoms with Gasteiger partial charge in [-0.25, -0.2) is 4.99 Å². The third-order valence-electron chi connectivity index (χ3n) is 5.04. The predicted molar refractivity (Wildman–Crippen MR) is 72.7 cm³/mol. The second-order valence-electron chi connectivity index (χ2n) is 6.49. The molecule has 0 aromatic carbocycles. The molecule has 1 saturated heterocycles. The van der Waals surface area contributed by atoms with Crippen LogP contribution >= 0.6 is 0 Å². The molecule has 1 heterocycles. The van der Waals surface area contributed by atoms with Crippen molar-refractivity contribution >= 4 is 5.96 Å². The topological polar surface area (TPSA) is 28.1 Å². The fraction of sp³-hybridized carbons (Fsp3) is 0.929. The smallest absolute Gasteiger partial charge is 0.195 e. The highest BCUT2D eigenvalue weighted by atomic mass is 16.5. The van der Waals surface area contributed by atoms with Gasteiger partial charge in [-0.3, -0.25) is 0 Å². The van der Waals surface area contributed by atoms with Gasteiger partial charge in [0, 0.05) is 46.1 Å². The molecule has 4 nitrogen and oxygen atoms in total. The van der Waals surface area contributed by atoms with Crippen LogP contribution in [-0.2, 0) is 4.74 Å². The molecule has 0 aromatic heterocycles. The van der Waals surface area contributed by atoms with Gasteiger partial charge >= 0.3 is 0 Å². The molecule has 3 aliphatic rings. The van der Waals surface area contributed by atoms with E-state index in [9.17, 15) is 0 Å². The Balaban J connectivity index is 1.84. The molecule has 0 N–H and O–H groups in total. The average Bonchev–Trinajstić information content (AvgIpc) is 2.60. The first-order valence-corrected chi connectivity index (χ1v) is 7.10. The van der Waals surface area contributed by atoms with E-state index >= 15 is 0 Å². The lowest BCUT2D eigenvalue weighted by Gasteiger charge is -2.61. The Kier molecular flexibility index (Phi) is 2.81. The van der Waals surface area contributed by atoms with Crippen LogP contribution in [0, 0.1) is 11.3 Å². The minimum Gasteiger partial charge on any atom is -0.377 e. The second kappa shape index (κ2) is 4.12. The zero-order chi connectivity index (χ0) is 12.9. The Bertz CT molecular complexity index is 350. The number of ether oxygens (including phenoxy) is 1. The summed E-state index contributed by atoms with van der Waals surface area (Å²) >= 11 is 0. The zero-order valence-electron chi connectivity index (χ0n) is 12.0. The van der Waals surface area contributed by atoms with Crippen LogP contribution in [0.2, 0.25) is 0 Å². The lowest BCUT2D eigenvalue weighted by molar-refractivity contribution is -0.164. The fourth-order valence-electron chi connectivity index (χ4n) is 4.14. The van der Waals surface area contributed by atoms with Crippen LogP contribution in [0.3, 0.4) is 0 Å². The van der Waals surface area contributed by atoms with Crippen molar-refractivity contribution in [3.8, 4) is 0 Å². The number of aliphatic imine (C=N–C) groups is 1. The standard InChI is InChI=1S/C14H25N3O/c1-16(2)13(17(3)4)15-11-10-6-9-18-12(10)14(11)7-5-8-14/h10-12H,5-9H2,1-4H3. The average molecular weight is 251 g/mol. The molecule has 1 aliphatic heterocycles. The molecule has 4 heteroatoms. The minimum atomic E-state index is 0.401. The second-order valence-corrected chi connectivity index (χ2v) is 6.49. The van der Waals surface area contributed by atoms with E-state index in [1.807, 2.05) is 0 Å². The number of guanidine groups is 1. The summed E-state index contributed by atoms with van der Waals surface area (Å²) in [5, 5.41) is 0. The molecular weight excluding hydrogens is 226 g/mol. The predicted octanol–water partition coefficient (Wildman–Crippen LogP) is 1.42. The van der Waals surface area contributed by atoms with Crippen molar-refractivity contribution in [1.82, 2.24) is 9.80 Å². The van der Waals surface area contributed by atoms with Crippen molar-refractivity contribution in [1.29, 1.82) is 0 Å². The molecule has 3 atom stereocenters. The van der Waals surface area contributed by atoms with Crippen molar-refractivity contribution in [3.63, 3.8) is 0 Å². The molecule has 0 amide bonds. The molecule has 2 aliphatic carbocycles. The summed E-state index contributed by atoms with van der Waals surface area (Å²) in [6.45, 7) is 0.947. The molecule has 0 bridgehead atoms. The fourth-order valence-corrected chi connectivity index (χ4v) is 4.14. The van der Waals surface area contributed by atoms with Gasteiger partial charge < -0.3 is 14.5 Å². The number of rotatable bonds is 1. The Morgan fingerprint density at radius 1 is 1.17 bits per heavy atom. The normalized spacial score (nSPS) is 35.4. The van der Waals surface area contributed by atoms with Gasteiger partial charge in [-0.15, -0.1) is 0 Å². The van der Waals surface area contributed by atoms with Gasteiger partial charge in [0.05, 0.1) is 12.1 Å². The van der Waals surface area contributed by atoms with Gasteiger partial charge in [-0.1, -0.05) is 6.42 Å². The van der Waals surface area contributed by atoms with Crippen molar-refractivity contribution < 1.29 is 4.74 Å². The molecule has 0 aromatic rings. The Morgan fingerprint density at radius 3 is 2.33 bits per heavy atom. The number of nitrogens with zero attached hydrogens (tertiary/aromatic N) is 3. The summed E-state index contributed by atoms with van der Waals surface area (Å²) in [4.78, 5) is 9.33. The van der Waals surface area contributed by atoms with E-state index in [1.165, 1.54) is 25.7 Å². The molecule has 1 spiro atoms. The van der Waals surface area contributed by atoms with Crippen LogP contribution in [0.4, 0.5) is 0 Å². The van der Waals surface area contributed by atoms with E-state index in [0.717, 1.165) is 12.6 Å². The van der Waals surface area contributed by atoms with Crippen LogP contribution in [0.5, 0.6) is 0 Å². The molecule has 3 unspecified atom stereocenters. The van der Waals surface area contributed by atoms with E-state index in [1.54, 1.807) is 0 Å². The van der Waals surface area contributed by atoms with Crippen molar-refractivity contribution in [2.45, 2.75) is 37.8 Å². The van der Waals surface area contributed by atoms with Gasteiger partial charge in [-0.2, -0.15) is 0 Å². The van der Waals surface area contributed by atoms with Crippen LogP contribution in [0.25, 0.3) is 0 Å². The molecule has 18 heavy (non-hydrogen) atoms. The number of hydrogen-bond donors (Lipinski definition) is 0. The van der Waals surface area contributed by atoms with E-state index in [4.69, 9.17) is 9.73 Å². The number of hydrogen-bond acceptors (Lipinski definition) is 2. The maximum atomic E-state index is 5.95. The first-order valence-electron chi connectivity index (χ1n) is 7.10. The summed E-state index contributed by atoms with van der Waals surface area (Å²) in [7, 11) is 8.31. The maximum absolute atomic E-state index is 5.95. The molecular formula is C14H25N3O. The van der Waals surface area contributed by atoms with Crippen LogP contribution in [0.1, 0.15) is 25.7 Å². The summed E-state index contributed by atoms with van der Waals surface area (Å²) in [6.07, 6.45) is 5.71. The lowest BCUT2D eigenvalue weighted by Crippen LogP contribution is -2.66. The Hall–Kier alpha value is -0.770. The van der Waals surface area contributed by atoms with Crippen molar-refractivity contribution in [2.24, 2.45) is 16.3 Å². The first-order chi connectivity index (χ1) is 8.56. The van der Waals surface area contributed by atoms with Gasteiger partial charge in [0.2, 0.25) is 0 Å². The van der Waals surface area contributed by atoms with Crippen molar-refractivity contribution in [3.05, 3.63) is 0 Å². The van der Waals surface area contributed by atoms with Gasteiger partial charge in [-0.05, 0) is 19.3 Å². The summed E-state index contributed by atoms with van der Waals surface area (Å²) in [5.74, 6) is 1.77. The molecule has 2 saturated carbocycles. The van der Waals surface area contributed by atoms with Gasteiger partial charge in [0.1, 0.15) is 0 Å². The monoisotopic (exact) mass is 251 g/mol. The first kappa shape index (κ1) is 12.3. The van der Waals surface area contributed by atoms with Crippen LogP contribution in [0.15, 0.2) is 4.99 Å². The lowest BCUT2D eigenvalue weighted by atomic mass is 9.46. The van der Waals surface area contributed by atoms with Crippen LogP contribution in [-0.4, -0.2) is 62.7 Å². The van der Waals surface area contributed by atoms with E-state index < -0.39 is 0 Å². The third-order valence-corrected chi connectivity index (χ3v) is 5.04. The summed E-state index contributed by atoms with van der Waals surface area (Å²) < 4.78 is 5.95. The van der Waals surface area contributed by atoms with E-state index in [0.29, 0.717) is 23.5 Å². The summed E-state index contributed by atoms with van der Waals surface area (Å²) in [5.41, 5.74) is 0.401. The molecule has 3 fully saturated rings. The summed E-state index contributed by atoms with van der Waals surface area (Å²) in [6, 6.07) is 0.499. The number of fused-ring (bicyclic) bond motifs is 2. The van der Waals surface area contributed by atoms with Crippen LogP contribution < -0.4 is 0 Å². The Labute approximate surface area is 110 Å². The third kappa shape index (κ3) is 1.51. The Morgan fingerprint density at radius 2 is 1.83 bits per heavy atom. The quantitative estimate of drug-likeness (QED) is 0.521. The van der Waals surface area contributed by atoms with Gasteiger partial charge in [0.25, 0.3) is 0 Å². The van der Waals surface area contributed by atoms with E-state index in [-0.39, 0.29) is 0 Å². The molecule has 0 radical (unpaired) electrons. The SMILES string of the molecule is CN(C)C(=NC1C2CCOC2C12CCC2)N(C)C. The highest BCUT2D eigenvalue weighted by molar-refractivity contribution is 5.79. The van der Waals surface area contributed by atoms with Crippen molar-refractivity contribution in [2.75, 3.05) is 34.8 Å². The zero-order valence-corrected chi connectivity index (χ0v) is 12.0. The molecule has 3 rings (SSSR count). The maximum Gasteiger partial charge on any atom is 0.195 e. The van der Waals surface area contributed by atoms with Gasteiger partial charge in [0.15, 0.2) is 5.96 Å². The highest BCUT2D eigenvalue weighted by Crippen LogP contribution is 2.64. The largest absolute Gasteiger partial charge is 0.377 e. The molecule has 102 valence electrons. The minimum absolute atomic E-state index is 0.401. The van der Waals surface area contributed by atoms with E-state index in [2.05, 4.69) is 38.0 Å².